The van der Waals surface area contributed by atoms with Gasteiger partial charge in [-0.2, -0.15) is 5.10 Å². The highest BCUT2D eigenvalue weighted by atomic mass is 32.2. The predicted octanol–water partition coefficient (Wildman–Crippen LogP) is 2.83. The van der Waals surface area contributed by atoms with Crippen LogP contribution < -0.4 is 5.32 Å². The molecule has 20 heavy (non-hydrogen) atoms. The maximum absolute atomic E-state index is 4.25. The van der Waals surface area contributed by atoms with Gasteiger partial charge in [0.05, 0.1) is 0 Å². The molecule has 1 N–H and O–H groups in total. The van der Waals surface area contributed by atoms with E-state index in [9.17, 15) is 0 Å². The van der Waals surface area contributed by atoms with Crippen molar-refractivity contribution in [2.24, 2.45) is 7.05 Å². The second-order valence-electron chi connectivity index (χ2n) is 5.34. The van der Waals surface area contributed by atoms with E-state index in [1.807, 2.05) is 29.7 Å². The van der Waals surface area contributed by atoms with Gasteiger partial charge in [0.25, 0.3) is 0 Å². The van der Waals surface area contributed by atoms with E-state index in [1.165, 1.54) is 21.9 Å². The first kappa shape index (κ1) is 13.7. The Morgan fingerprint density at radius 2 is 2.25 bits per heavy atom. The molecule has 0 radical (unpaired) electrons. The molecule has 1 aromatic heterocycles. The fourth-order valence-corrected chi connectivity index (χ4v) is 4.35. The van der Waals surface area contributed by atoms with E-state index in [-0.39, 0.29) is 0 Å². The van der Waals surface area contributed by atoms with Crippen molar-refractivity contribution in [3.63, 3.8) is 0 Å². The molecule has 106 valence electrons. The second-order valence-corrected chi connectivity index (χ2v) is 6.40. The number of thioether (sulfide) groups is 1. The highest BCUT2D eigenvalue weighted by Gasteiger charge is 2.29. The molecule has 0 fully saturated rings. The minimum atomic E-state index is 0.529. The van der Waals surface area contributed by atoms with Crippen LogP contribution in [0.25, 0.3) is 0 Å². The van der Waals surface area contributed by atoms with Crippen LogP contribution in [-0.4, -0.2) is 28.6 Å². The third-order valence-corrected chi connectivity index (χ3v) is 5.44. The van der Waals surface area contributed by atoms with E-state index in [1.54, 1.807) is 0 Å². The number of likely N-dealkylation sites (N-methyl/N-ethyl adjacent to an activating group) is 1. The van der Waals surface area contributed by atoms with Crippen LogP contribution >= 0.6 is 11.8 Å². The summed E-state index contributed by atoms with van der Waals surface area (Å²) < 4.78 is 1.98. The second kappa shape index (κ2) is 6.02. The van der Waals surface area contributed by atoms with Gasteiger partial charge in [0.15, 0.2) is 0 Å². The molecule has 0 saturated heterocycles. The molecule has 4 heteroatoms. The van der Waals surface area contributed by atoms with Gasteiger partial charge in [0.2, 0.25) is 0 Å². The average Bonchev–Trinajstić information content (AvgIpc) is 3.07. The lowest BCUT2D eigenvalue weighted by molar-refractivity contribution is 0.455. The van der Waals surface area contributed by atoms with Crippen LogP contribution in [0.1, 0.15) is 23.6 Å². The van der Waals surface area contributed by atoms with Crippen molar-refractivity contribution in [1.29, 1.82) is 0 Å². The summed E-state index contributed by atoms with van der Waals surface area (Å²) in [6, 6.07) is 11.5. The van der Waals surface area contributed by atoms with Gasteiger partial charge < -0.3 is 5.32 Å². The molecule has 0 saturated carbocycles. The van der Waals surface area contributed by atoms with Gasteiger partial charge in [0, 0.05) is 41.5 Å². The molecular formula is C16H21N3S. The molecule has 0 amide bonds. The van der Waals surface area contributed by atoms with Crippen LogP contribution in [0.4, 0.5) is 0 Å². The number of benzene rings is 1. The number of aryl methyl sites for hydroxylation is 2. The van der Waals surface area contributed by atoms with E-state index in [2.05, 4.69) is 47.8 Å². The van der Waals surface area contributed by atoms with Gasteiger partial charge in [-0.25, -0.2) is 0 Å². The van der Waals surface area contributed by atoms with Crippen molar-refractivity contribution in [3.05, 3.63) is 47.8 Å². The minimum absolute atomic E-state index is 0.529. The molecule has 1 aromatic carbocycles. The molecule has 2 aromatic rings. The Bertz CT molecular complexity index is 579. The van der Waals surface area contributed by atoms with Gasteiger partial charge in [-0.05, 0) is 37.6 Å². The minimum Gasteiger partial charge on any atom is -0.316 e. The quantitative estimate of drug-likeness (QED) is 0.917. The first-order chi connectivity index (χ1) is 9.79. The molecule has 3 nitrogen and oxygen atoms in total. The Balaban J connectivity index is 1.70. The van der Waals surface area contributed by atoms with Crippen molar-refractivity contribution < 1.29 is 0 Å². The Morgan fingerprint density at radius 1 is 1.40 bits per heavy atom. The summed E-state index contributed by atoms with van der Waals surface area (Å²) in [4.78, 5) is 1.46. The van der Waals surface area contributed by atoms with E-state index in [4.69, 9.17) is 0 Å². The third-order valence-electron chi connectivity index (χ3n) is 4.23. The van der Waals surface area contributed by atoms with Crippen molar-refractivity contribution in [2.75, 3.05) is 12.8 Å². The number of nitrogens with one attached hydrogen (secondary N) is 1. The number of fused-ring (bicyclic) bond motifs is 1. The average molecular weight is 287 g/mol. The molecule has 0 aliphatic carbocycles. The zero-order valence-corrected chi connectivity index (χ0v) is 12.9. The summed E-state index contributed by atoms with van der Waals surface area (Å²) in [5.74, 6) is 1.81. The largest absolute Gasteiger partial charge is 0.316 e. The maximum Gasteiger partial charge on any atom is 0.0492 e. The summed E-state index contributed by atoms with van der Waals surface area (Å²) in [5.41, 5.74) is 2.83. The van der Waals surface area contributed by atoms with Crippen LogP contribution in [0.5, 0.6) is 0 Å². The van der Waals surface area contributed by atoms with Crippen LogP contribution in [0.2, 0.25) is 0 Å². The standard InChI is InChI=1S/C16H21N3S/c1-17-15(8-7-12-9-10-18-19(12)2)14-11-20-16-6-4-3-5-13(14)16/h3-6,9-10,14-15,17H,7-8,11H2,1-2H3. The highest BCUT2D eigenvalue weighted by molar-refractivity contribution is 7.99. The summed E-state index contributed by atoms with van der Waals surface area (Å²) in [6.07, 6.45) is 4.10. The number of rotatable bonds is 5. The van der Waals surface area contributed by atoms with Gasteiger partial charge in [0.1, 0.15) is 0 Å². The number of hydrogen-bond acceptors (Lipinski definition) is 3. The zero-order valence-electron chi connectivity index (χ0n) is 12.0. The van der Waals surface area contributed by atoms with E-state index >= 15 is 0 Å². The van der Waals surface area contributed by atoms with Gasteiger partial charge in [-0.15, -0.1) is 11.8 Å². The zero-order chi connectivity index (χ0) is 13.9. The lowest BCUT2D eigenvalue weighted by Crippen LogP contribution is -2.33. The molecule has 1 aliphatic heterocycles. The van der Waals surface area contributed by atoms with Gasteiger partial charge >= 0.3 is 0 Å². The van der Waals surface area contributed by atoms with Crippen molar-refractivity contribution >= 4 is 11.8 Å². The number of hydrogen-bond donors (Lipinski definition) is 1. The smallest absolute Gasteiger partial charge is 0.0492 e. The van der Waals surface area contributed by atoms with Crippen molar-refractivity contribution in [3.8, 4) is 0 Å². The molecule has 2 heterocycles. The fraction of sp³-hybridized carbons (Fsp3) is 0.438. The van der Waals surface area contributed by atoms with Gasteiger partial charge in [-0.1, -0.05) is 18.2 Å². The fourth-order valence-electron chi connectivity index (χ4n) is 3.02. The first-order valence-corrected chi connectivity index (χ1v) is 8.14. The molecule has 2 unspecified atom stereocenters. The Labute approximate surface area is 124 Å². The Hall–Kier alpha value is -1.26. The van der Waals surface area contributed by atoms with Crippen molar-refractivity contribution in [2.45, 2.75) is 29.7 Å². The van der Waals surface area contributed by atoms with Gasteiger partial charge in [-0.3, -0.25) is 4.68 Å². The topological polar surface area (TPSA) is 29.9 Å². The van der Waals surface area contributed by atoms with Crippen LogP contribution in [-0.2, 0) is 13.5 Å². The molecule has 1 aliphatic rings. The number of aromatic nitrogens is 2. The van der Waals surface area contributed by atoms with E-state index in [0.717, 1.165) is 12.8 Å². The summed E-state index contributed by atoms with van der Waals surface area (Å²) in [7, 11) is 4.10. The summed E-state index contributed by atoms with van der Waals surface area (Å²) >= 11 is 1.99. The van der Waals surface area contributed by atoms with E-state index < -0.39 is 0 Å². The predicted molar refractivity (Wildman–Crippen MR) is 84.3 cm³/mol. The maximum atomic E-state index is 4.25. The van der Waals surface area contributed by atoms with E-state index in [0.29, 0.717) is 12.0 Å². The molecule has 2 atom stereocenters. The lowest BCUT2D eigenvalue weighted by atomic mass is 9.90. The molecule has 0 spiro atoms. The Kier molecular flexibility index (Phi) is 4.13. The highest BCUT2D eigenvalue weighted by Crippen LogP contribution is 2.41. The number of nitrogens with zero attached hydrogens (tertiary/aromatic N) is 2. The molecule has 0 bridgehead atoms. The van der Waals surface area contributed by atoms with Crippen molar-refractivity contribution in [1.82, 2.24) is 15.1 Å². The normalized spacial score (nSPS) is 19.0. The monoisotopic (exact) mass is 287 g/mol. The van der Waals surface area contributed by atoms with Crippen LogP contribution in [0, 0.1) is 0 Å². The molecule has 3 rings (SSSR count). The lowest BCUT2D eigenvalue weighted by Gasteiger charge is -2.23. The Morgan fingerprint density at radius 3 is 3.00 bits per heavy atom. The summed E-state index contributed by atoms with van der Waals surface area (Å²) in [6.45, 7) is 0. The summed E-state index contributed by atoms with van der Waals surface area (Å²) in [5, 5.41) is 7.77. The first-order valence-electron chi connectivity index (χ1n) is 7.15. The molecular weight excluding hydrogens is 266 g/mol. The van der Waals surface area contributed by atoms with Crippen LogP contribution in [0.3, 0.4) is 0 Å². The third kappa shape index (κ3) is 2.63. The SMILES string of the molecule is CNC(CCc1ccnn1C)C1CSc2ccccc21. The van der Waals surface area contributed by atoms with Crippen LogP contribution in [0.15, 0.2) is 41.4 Å².